The van der Waals surface area contributed by atoms with Crippen LogP contribution in [0.3, 0.4) is 0 Å². The maximum absolute atomic E-state index is 13.8. The van der Waals surface area contributed by atoms with Gasteiger partial charge in [-0.1, -0.05) is 78.4 Å². The summed E-state index contributed by atoms with van der Waals surface area (Å²) in [5, 5.41) is 2.68. The molecule has 0 bridgehead atoms. The zero-order chi connectivity index (χ0) is 28.3. The van der Waals surface area contributed by atoms with Crippen molar-refractivity contribution in [1.29, 1.82) is 0 Å². The lowest BCUT2D eigenvalue weighted by molar-refractivity contribution is -0.256. The Morgan fingerprint density at radius 3 is 2.12 bits per heavy atom. The minimum absolute atomic E-state index is 0.0113. The fourth-order valence-corrected chi connectivity index (χ4v) is 4.91. The quantitative estimate of drug-likeness (QED) is 0.251. The molecule has 2 heterocycles. The highest BCUT2D eigenvalue weighted by Gasteiger charge is 2.67. The van der Waals surface area contributed by atoms with Crippen LogP contribution in [0.25, 0.3) is 0 Å². The highest BCUT2D eigenvalue weighted by atomic mass is 16.6. The van der Waals surface area contributed by atoms with Crippen molar-refractivity contribution >= 4 is 17.8 Å². The van der Waals surface area contributed by atoms with E-state index < -0.39 is 35.8 Å². The Bertz CT molecular complexity index is 1380. The molecule has 3 aromatic rings. The molecule has 1 N–H and O–H groups in total. The largest absolute Gasteiger partial charge is 0.448 e. The molecule has 0 aromatic heterocycles. The summed E-state index contributed by atoms with van der Waals surface area (Å²) in [4.78, 5) is 41.7. The summed E-state index contributed by atoms with van der Waals surface area (Å²) >= 11 is 0. The van der Waals surface area contributed by atoms with Crippen molar-refractivity contribution in [3.8, 4) is 0 Å². The summed E-state index contributed by atoms with van der Waals surface area (Å²) in [6, 6.07) is 25.6. The zero-order valence-corrected chi connectivity index (χ0v) is 22.5. The molecular formula is C31H30N2O7. The Labute approximate surface area is 232 Å². The molecule has 3 aromatic carbocycles. The minimum atomic E-state index is -1.82. The average Bonchev–Trinajstić information content (AvgIpc) is 2.99. The van der Waals surface area contributed by atoms with E-state index in [9.17, 15) is 14.4 Å². The zero-order valence-electron chi connectivity index (χ0n) is 22.5. The van der Waals surface area contributed by atoms with Crippen LogP contribution in [0.2, 0.25) is 0 Å². The molecule has 0 saturated carbocycles. The Balaban J connectivity index is 1.45. The Hall–Kier alpha value is -4.31. The number of rotatable bonds is 9. The highest BCUT2D eigenvalue weighted by Crippen LogP contribution is 2.41. The molecule has 2 aliphatic rings. The molecule has 2 atom stereocenters. The summed E-state index contributed by atoms with van der Waals surface area (Å²) in [6.07, 6.45) is -1.81. The number of benzene rings is 3. The van der Waals surface area contributed by atoms with Crippen LogP contribution in [0.1, 0.15) is 33.2 Å². The summed E-state index contributed by atoms with van der Waals surface area (Å²) in [5.41, 5.74) is 1.52. The van der Waals surface area contributed by atoms with Crippen LogP contribution in [0, 0.1) is 6.92 Å². The Morgan fingerprint density at radius 1 is 0.975 bits per heavy atom. The van der Waals surface area contributed by atoms with Crippen molar-refractivity contribution in [1.82, 2.24) is 10.2 Å². The molecule has 0 aliphatic carbocycles. The molecule has 1 fully saturated rings. The van der Waals surface area contributed by atoms with Gasteiger partial charge in [-0.05, 0) is 30.2 Å². The first-order valence-electron chi connectivity index (χ1n) is 12.8. The molecule has 2 amide bonds. The predicted octanol–water partition coefficient (Wildman–Crippen LogP) is 3.50. The summed E-state index contributed by atoms with van der Waals surface area (Å²) in [6.45, 7) is 1.92. The van der Waals surface area contributed by atoms with Crippen LogP contribution in [0.4, 0.5) is 0 Å². The molecule has 40 heavy (non-hydrogen) atoms. The maximum atomic E-state index is 13.8. The standard InChI is InChI=1S/C31H30N2O7/c1-20-14-16-23(17-15-20)27(34)32-31(38-3)29(36)33-25(24(18-37-2)19-39-30(31)33)28(35)40-26(21-10-6-4-7-11-21)22-12-8-5-9-13-22/h4-17,26,30H,18-19H2,1-3H3,(H,32,34)/t30-,31+/m1/s1. The van der Waals surface area contributed by atoms with Gasteiger partial charge < -0.3 is 24.3 Å². The number of methoxy groups -OCH3 is 2. The van der Waals surface area contributed by atoms with Gasteiger partial charge in [-0.15, -0.1) is 0 Å². The molecule has 9 heteroatoms. The third kappa shape index (κ3) is 4.90. The number of carbonyl (C=O) groups is 3. The third-order valence-electron chi connectivity index (χ3n) is 6.99. The van der Waals surface area contributed by atoms with Gasteiger partial charge in [-0.3, -0.25) is 14.5 Å². The van der Waals surface area contributed by atoms with E-state index in [0.29, 0.717) is 11.1 Å². The van der Waals surface area contributed by atoms with Crippen LogP contribution in [0.15, 0.2) is 96.2 Å². The minimum Gasteiger partial charge on any atom is -0.448 e. The molecule has 1 saturated heterocycles. The number of fused-ring (bicyclic) bond motifs is 1. The van der Waals surface area contributed by atoms with Crippen molar-refractivity contribution in [2.45, 2.75) is 25.0 Å². The Kier molecular flexibility index (Phi) is 7.79. The fourth-order valence-electron chi connectivity index (χ4n) is 4.91. The van der Waals surface area contributed by atoms with Crippen molar-refractivity contribution in [3.05, 3.63) is 118 Å². The lowest BCUT2D eigenvalue weighted by atomic mass is 9.93. The van der Waals surface area contributed by atoms with Crippen LogP contribution < -0.4 is 5.32 Å². The number of hydrogen-bond acceptors (Lipinski definition) is 7. The van der Waals surface area contributed by atoms with E-state index in [4.69, 9.17) is 18.9 Å². The lowest BCUT2D eigenvalue weighted by Gasteiger charge is -2.55. The first kappa shape index (κ1) is 27.3. The van der Waals surface area contributed by atoms with E-state index in [2.05, 4.69) is 5.32 Å². The van der Waals surface area contributed by atoms with Crippen LogP contribution >= 0.6 is 0 Å². The predicted molar refractivity (Wildman–Crippen MR) is 145 cm³/mol. The monoisotopic (exact) mass is 542 g/mol. The topological polar surface area (TPSA) is 103 Å². The van der Waals surface area contributed by atoms with E-state index >= 15 is 0 Å². The van der Waals surface area contributed by atoms with Crippen LogP contribution in [-0.2, 0) is 28.5 Å². The van der Waals surface area contributed by atoms with E-state index in [1.54, 1.807) is 24.3 Å². The number of carbonyl (C=O) groups excluding carboxylic acids is 3. The van der Waals surface area contributed by atoms with Crippen LogP contribution in [-0.4, -0.2) is 62.1 Å². The van der Waals surface area contributed by atoms with Gasteiger partial charge in [-0.2, -0.15) is 0 Å². The average molecular weight is 543 g/mol. The molecule has 0 radical (unpaired) electrons. The molecule has 2 aliphatic heterocycles. The van der Waals surface area contributed by atoms with Gasteiger partial charge in [0.1, 0.15) is 5.70 Å². The van der Waals surface area contributed by atoms with Gasteiger partial charge in [0.2, 0.25) is 0 Å². The van der Waals surface area contributed by atoms with E-state index in [1.165, 1.54) is 19.1 Å². The number of hydrogen-bond donors (Lipinski definition) is 1. The van der Waals surface area contributed by atoms with Crippen molar-refractivity contribution in [2.75, 3.05) is 27.4 Å². The summed E-state index contributed by atoms with van der Waals surface area (Å²) in [7, 11) is 2.79. The van der Waals surface area contributed by atoms with Gasteiger partial charge in [0.15, 0.2) is 12.3 Å². The number of β-lactam (4-membered cyclic amide) rings is 1. The van der Waals surface area contributed by atoms with E-state index in [-0.39, 0.29) is 18.9 Å². The molecule has 9 nitrogen and oxygen atoms in total. The molecule has 5 rings (SSSR count). The number of esters is 1. The number of aryl methyl sites for hydroxylation is 1. The van der Waals surface area contributed by atoms with Crippen molar-refractivity contribution < 1.29 is 33.3 Å². The second-order valence-electron chi connectivity index (χ2n) is 9.59. The number of nitrogens with one attached hydrogen (secondary N) is 1. The van der Waals surface area contributed by atoms with Gasteiger partial charge in [0.25, 0.3) is 17.5 Å². The summed E-state index contributed by atoms with van der Waals surface area (Å²) in [5.74, 6) is -1.89. The maximum Gasteiger partial charge on any atom is 0.356 e. The van der Waals surface area contributed by atoms with Crippen molar-refractivity contribution in [3.63, 3.8) is 0 Å². The van der Waals surface area contributed by atoms with Gasteiger partial charge >= 0.3 is 5.97 Å². The van der Waals surface area contributed by atoms with Crippen LogP contribution in [0.5, 0.6) is 0 Å². The molecule has 0 unspecified atom stereocenters. The van der Waals surface area contributed by atoms with Gasteiger partial charge in [0.05, 0.1) is 13.2 Å². The smallest absolute Gasteiger partial charge is 0.356 e. The number of ether oxygens (including phenoxy) is 4. The fraction of sp³-hybridized carbons (Fsp3) is 0.258. The van der Waals surface area contributed by atoms with Gasteiger partial charge in [0, 0.05) is 25.4 Å². The highest BCUT2D eigenvalue weighted by molar-refractivity contribution is 6.05. The molecule has 0 spiro atoms. The van der Waals surface area contributed by atoms with E-state index in [1.807, 2.05) is 67.6 Å². The first-order valence-corrected chi connectivity index (χ1v) is 12.8. The van der Waals surface area contributed by atoms with E-state index in [0.717, 1.165) is 16.7 Å². The lowest BCUT2D eigenvalue weighted by Crippen LogP contribution is -2.82. The normalized spacial score (nSPS) is 20.1. The molecule has 206 valence electrons. The first-order chi connectivity index (χ1) is 19.4. The van der Waals surface area contributed by atoms with Crippen molar-refractivity contribution in [2.24, 2.45) is 0 Å². The second kappa shape index (κ2) is 11.4. The number of nitrogens with zero attached hydrogens (tertiary/aromatic N) is 1. The summed E-state index contributed by atoms with van der Waals surface area (Å²) < 4.78 is 22.9. The Morgan fingerprint density at radius 2 is 1.57 bits per heavy atom. The third-order valence-corrected chi connectivity index (χ3v) is 6.99. The number of amides is 2. The SMILES string of the molecule is COCC1=C(C(=O)OC(c2ccccc2)c2ccccc2)N2C(=O)[C@](NC(=O)c3ccc(C)cc3)(OC)[C@H]2OC1. The second-order valence-corrected chi connectivity index (χ2v) is 9.59. The van der Waals surface area contributed by atoms with Gasteiger partial charge in [-0.25, -0.2) is 4.79 Å². The molecular weight excluding hydrogens is 512 g/mol.